The van der Waals surface area contributed by atoms with E-state index in [2.05, 4.69) is 43.3 Å². The molecule has 0 bridgehead atoms. The Labute approximate surface area is 166 Å². The van der Waals surface area contributed by atoms with Gasteiger partial charge in [0, 0.05) is 5.02 Å². The van der Waals surface area contributed by atoms with Crippen LogP contribution < -0.4 is 0 Å². The van der Waals surface area contributed by atoms with E-state index in [0.717, 1.165) is 28.7 Å². The molecule has 1 heteroatoms. The minimum Gasteiger partial charge on any atom is -0.0883 e. The van der Waals surface area contributed by atoms with Crippen LogP contribution >= 0.6 is 11.6 Å². The zero-order valence-electron chi connectivity index (χ0n) is 16.6. The Balaban J connectivity index is 1.32. The Kier molecular flexibility index (Phi) is 8.11. The van der Waals surface area contributed by atoms with E-state index < -0.39 is 0 Å². The molecule has 0 nitrogen and oxygen atoms in total. The number of benzene rings is 1. The van der Waals surface area contributed by atoms with Gasteiger partial charge in [-0.25, -0.2) is 0 Å². The summed E-state index contributed by atoms with van der Waals surface area (Å²) in [7, 11) is 0. The number of rotatable bonds is 7. The second-order valence-electron chi connectivity index (χ2n) is 8.84. The summed E-state index contributed by atoms with van der Waals surface area (Å²) in [5.41, 5.74) is 1.50. The van der Waals surface area contributed by atoms with Crippen molar-refractivity contribution in [2.24, 2.45) is 17.8 Å². The largest absolute Gasteiger partial charge is 0.0883 e. The molecule has 0 atom stereocenters. The highest BCUT2D eigenvalue weighted by Gasteiger charge is 2.24. The smallest absolute Gasteiger partial charge is 0.0406 e. The number of allylic oxidation sites excluding steroid dienone is 2. The first-order chi connectivity index (χ1) is 12.7. The number of hydrogen-bond acceptors (Lipinski definition) is 0. The molecule has 3 rings (SSSR count). The average molecular weight is 373 g/mol. The molecule has 2 fully saturated rings. The lowest BCUT2D eigenvalue weighted by Gasteiger charge is -2.31. The van der Waals surface area contributed by atoms with Crippen molar-refractivity contribution in [3.05, 3.63) is 47.0 Å². The Hall–Kier alpha value is -0.750. The summed E-state index contributed by atoms with van der Waals surface area (Å²) in [6.07, 6.45) is 21.9. The van der Waals surface area contributed by atoms with Crippen molar-refractivity contribution in [2.75, 3.05) is 0 Å². The van der Waals surface area contributed by atoms with E-state index in [0.29, 0.717) is 0 Å². The van der Waals surface area contributed by atoms with Crippen LogP contribution in [-0.2, 0) is 0 Å². The van der Waals surface area contributed by atoms with Crippen LogP contribution in [0, 0.1) is 17.8 Å². The lowest BCUT2D eigenvalue weighted by atomic mass is 9.74. The van der Waals surface area contributed by atoms with Gasteiger partial charge in [0.1, 0.15) is 0 Å². The van der Waals surface area contributed by atoms with Crippen molar-refractivity contribution in [1.29, 1.82) is 0 Å². The van der Waals surface area contributed by atoms with Crippen LogP contribution in [0.2, 0.25) is 5.02 Å². The van der Waals surface area contributed by atoms with Crippen LogP contribution in [0.15, 0.2) is 36.4 Å². The van der Waals surface area contributed by atoms with Crippen LogP contribution in [0.1, 0.15) is 95.5 Å². The molecular weight excluding hydrogens is 336 g/mol. The van der Waals surface area contributed by atoms with Crippen LogP contribution in [-0.4, -0.2) is 0 Å². The van der Waals surface area contributed by atoms with E-state index in [1.807, 2.05) is 0 Å². The van der Waals surface area contributed by atoms with Crippen LogP contribution in [0.25, 0.3) is 0 Å². The molecule has 144 valence electrons. The zero-order valence-corrected chi connectivity index (χ0v) is 17.4. The number of unbranched alkanes of at least 4 members (excludes halogenated alkanes) is 1. The minimum absolute atomic E-state index is 0.772. The summed E-state index contributed by atoms with van der Waals surface area (Å²) >= 11 is 6.03. The first kappa shape index (κ1) is 20.0. The van der Waals surface area contributed by atoms with Gasteiger partial charge < -0.3 is 0 Å². The summed E-state index contributed by atoms with van der Waals surface area (Å²) in [5, 5.41) is 0.859. The van der Waals surface area contributed by atoms with Gasteiger partial charge in [-0.3, -0.25) is 0 Å². The fourth-order valence-corrected chi connectivity index (χ4v) is 5.24. The minimum atomic E-state index is 0.772. The maximum Gasteiger partial charge on any atom is 0.0406 e. The van der Waals surface area contributed by atoms with Crippen LogP contribution in [0.5, 0.6) is 0 Å². The van der Waals surface area contributed by atoms with Crippen molar-refractivity contribution in [1.82, 2.24) is 0 Å². The highest BCUT2D eigenvalue weighted by atomic mass is 35.5. The number of halogens is 1. The predicted octanol–water partition coefficient (Wildman–Crippen LogP) is 8.56. The van der Waals surface area contributed by atoms with Crippen LogP contribution in [0.4, 0.5) is 0 Å². The molecule has 1 aromatic rings. The highest BCUT2D eigenvalue weighted by Crippen LogP contribution is 2.40. The zero-order chi connectivity index (χ0) is 18.2. The lowest BCUT2D eigenvalue weighted by Crippen LogP contribution is -2.17. The third-order valence-electron chi connectivity index (χ3n) is 6.93. The molecule has 0 N–H and O–H groups in total. The van der Waals surface area contributed by atoms with E-state index in [-0.39, 0.29) is 0 Å². The fraction of sp³-hybridized carbons (Fsp3) is 0.680. The van der Waals surface area contributed by atoms with Gasteiger partial charge in [0.2, 0.25) is 0 Å². The van der Waals surface area contributed by atoms with Gasteiger partial charge in [-0.2, -0.15) is 0 Å². The molecule has 2 aliphatic carbocycles. The maximum atomic E-state index is 6.03. The second-order valence-corrected chi connectivity index (χ2v) is 9.28. The quantitative estimate of drug-likeness (QED) is 0.420. The summed E-state index contributed by atoms with van der Waals surface area (Å²) in [6.45, 7) is 2.27. The Morgan fingerprint density at radius 3 is 2.00 bits per heavy atom. The molecule has 0 saturated heterocycles. The molecule has 0 amide bonds. The monoisotopic (exact) mass is 372 g/mol. The summed E-state index contributed by atoms with van der Waals surface area (Å²) in [6, 6.07) is 8.58. The molecule has 0 aliphatic heterocycles. The van der Waals surface area contributed by atoms with Crippen molar-refractivity contribution >= 4 is 11.6 Å². The first-order valence-corrected chi connectivity index (χ1v) is 11.5. The van der Waals surface area contributed by atoms with Gasteiger partial charge in [0.25, 0.3) is 0 Å². The molecule has 0 heterocycles. The van der Waals surface area contributed by atoms with Crippen molar-refractivity contribution in [3.8, 4) is 0 Å². The topological polar surface area (TPSA) is 0 Å². The summed E-state index contributed by atoms with van der Waals surface area (Å²) in [5.74, 6) is 3.65. The Morgan fingerprint density at radius 1 is 0.846 bits per heavy atom. The lowest BCUT2D eigenvalue weighted by molar-refractivity contribution is 0.246. The molecular formula is C25H37Cl. The van der Waals surface area contributed by atoms with Gasteiger partial charge in [-0.05, 0) is 99.2 Å². The molecule has 0 unspecified atom stereocenters. The van der Waals surface area contributed by atoms with E-state index >= 15 is 0 Å². The highest BCUT2D eigenvalue weighted by molar-refractivity contribution is 6.30. The summed E-state index contributed by atoms with van der Waals surface area (Å²) in [4.78, 5) is 0. The van der Waals surface area contributed by atoms with Crippen molar-refractivity contribution in [2.45, 2.75) is 89.9 Å². The van der Waals surface area contributed by atoms with E-state index in [4.69, 9.17) is 11.6 Å². The third-order valence-corrected chi connectivity index (χ3v) is 7.18. The van der Waals surface area contributed by atoms with E-state index in [1.165, 1.54) is 82.6 Å². The fourth-order valence-electron chi connectivity index (χ4n) is 5.12. The first-order valence-electron chi connectivity index (χ1n) is 11.2. The van der Waals surface area contributed by atoms with Gasteiger partial charge >= 0.3 is 0 Å². The van der Waals surface area contributed by atoms with E-state index in [9.17, 15) is 0 Å². The predicted molar refractivity (Wildman–Crippen MR) is 115 cm³/mol. The molecule has 0 spiro atoms. The van der Waals surface area contributed by atoms with Gasteiger partial charge in [0.15, 0.2) is 0 Å². The molecule has 2 saturated carbocycles. The SMILES string of the molecule is CCC/C=C/[C@H]1CC[C@H](CC[C@H]2CC[C@H](c3ccc(Cl)cc3)CC2)CC1. The Bertz CT molecular complexity index is 528. The molecule has 1 aromatic carbocycles. The maximum absolute atomic E-state index is 6.03. The van der Waals surface area contributed by atoms with Gasteiger partial charge in [-0.1, -0.05) is 62.1 Å². The van der Waals surface area contributed by atoms with E-state index in [1.54, 1.807) is 0 Å². The number of hydrogen-bond donors (Lipinski definition) is 0. The normalized spacial score (nSPS) is 29.9. The molecule has 0 aromatic heterocycles. The Morgan fingerprint density at radius 2 is 1.42 bits per heavy atom. The molecule has 2 aliphatic rings. The van der Waals surface area contributed by atoms with Crippen molar-refractivity contribution < 1.29 is 0 Å². The average Bonchev–Trinajstić information content (AvgIpc) is 2.69. The molecule has 26 heavy (non-hydrogen) atoms. The second kappa shape index (κ2) is 10.5. The summed E-state index contributed by atoms with van der Waals surface area (Å²) < 4.78 is 0. The third kappa shape index (κ3) is 6.15. The van der Waals surface area contributed by atoms with Crippen LogP contribution in [0.3, 0.4) is 0 Å². The standard InChI is InChI=1S/C25H37Cl/c1-2-3-4-5-20-6-8-21(9-7-20)10-11-22-12-14-23(15-13-22)24-16-18-25(26)19-17-24/h4-5,16-23H,2-3,6-15H2,1H3/b5-4+/t20-,21-,22-,23-. The van der Waals surface area contributed by atoms with Crippen molar-refractivity contribution in [3.63, 3.8) is 0 Å². The van der Waals surface area contributed by atoms with Gasteiger partial charge in [0.05, 0.1) is 0 Å². The van der Waals surface area contributed by atoms with Gasteiger partial charge in [-0.15, -0.1) is 0 Å². The molecule has 0 radical (unpaired) electrons.